The maximum Gasteiger partial charge on any atom is 0.338 e. The maximum atomic E-state index is 12.0. The van der Waals surface area contributed by atoms with Crippen LogP contribution >= 0.6 is 11.3 Å². The Labute approximate surface area is 155 Å². The van der Waals surface area contributed by atoms with Crippen LogP contribution in [0.15, 0.2) is 24.4 Å². The molecule has 3 rings (SSSR count). The van der Waals surface area contributed by atoms with Crippen LogP contribution in [-0.4, -0.2) is 61.8 Å². The molecule has 1 atom stereocenters. The van der Waals surface area contributed by atoms with Crippen LogP contribution in [0.3, 0.4) is 0 Å². The first-order chi connectivity index (χ1) is 12.5. The number of amides is 1. The highest BCUT2D eigenvalue weighted by Crippen LogP contribution is 2.30. The summed E-state index contributed by atoms with van der Waals surface area (Å²) in [5, 5.41) is 0.798. The zero-order valence-electron chi connectivity index (χ0n) is 14.9. The summed E-state index contributed by atoms with van der Waals surface area (Å²) >= 11 is 1.53. The van der Waals surface area contributed by atoms with Crippen molar-refractivity contribution >= 4 is 23.2 Å². The van der Waals surface area contributed by atoms with Crippen molar-refractivity contribution in [3.05, 3.63) is 34.8 Å². The summed E-state index contributed by atoms with van der Waals surface area (Å²) in [5.41, 5.74) is 1.17. The van der Waals surface area contributed by atoms with E-state index in [1.807, 2.05) is 13.0 Å². The van der Waals surface area contributed by atoms with E-state index in [-0.39, 0.29) is 25.2 Å². The number of esters is 1. The number of thiazole rings is 1. The van der Waals surface area contributed by atoms with Gasteiger partial charge in [-0.25, -0.2) is 9.78 Å². The van der Waals surface area contributed by atoms with Crippen molar-refractivity contribution in [2.45, 2.75) is 13.0 Å². The number of rotatable bonds is 5. The monoisotopic (exact) mass is 376 g/mol. The van der Waals surface area contributed by atoms with Crippen molar-refractivity contribution in [2.24, 2.45) is 0 Å². The molecule has 26 heavy (non-hydrogen) atoms. The van der Waals surface area contributed by atoms with Gasteiger partial charge in [0.25, 0.3) is 0 Å². The minimum absolute atomic E-state index is 0.0767. The average Bonchev–Trinajstić information content (AvgIpc) is 3.08. The quantitative estimate of drug-likeness (QED) is 0.744. The number of carbonyl (C=O) groups is 2. The fraction of sp³-hybridized carbons (Fsp3) is 0.389. The highest BCUT2D eigenvalue weighted by molar-refractivity contribution is 7.14. The van der Waals surface area contributed by atoms with E-state index in [0.717, 1.165) is 15.4 Å². The first-order valence-electron chi connectivity index (χ1n) is 8.10. The van der Waals surface area contributed by atoms with Crippen molar-refractivity contribution in [2.75, 3.05) is 34.0 Å². The molecule has 2 heterocycles. The van der Waals surface area contributed by atoms with E-state index in [4.69, 9.17) is 14.2 Å². The second-order valence-electron chi connectivity index (χ2n) is 6.00. The Kier molecular flexibility index (Phi) is 5.53. The number of morpholine rings is 1. The van der Waals surface area contributed by atoms with E-state index in [1.54, 1.807) is 30.3 Å². The Bertz CT molecular complexity index is 820. The molecule has 0 spiro atoms. The fourth-order valence-corrected chi connectivity index (χ4v) is 3.33. The van der Waals surface area contributed by atoms with Gasteiger partial charge in [0, 0.05) is 23.7 Å². The van der Waals surface area contributed by atoms with Gasteiger partial charge in [0.2, 0.25) is 5.91 Å². The van der Waals surface area contributed by atoms with Crippen LogP contribution in [0.1, 0.15) is 15.2 Å². The molecule has 138 valence electrons. The van der Waals surface area contributed by atoms with Crippen molar-refractivity contribution in [3.8, 4) is 16.3 Å². The topological polar surface area (TPSA) is 78.0 Å². The van der Waals surface area contributed by atoms with E-state index in [1.165, 1.54) is 18.4 Å². The zero-order chi connectivity index (χ0) is 18.7. The number of carbonyl (C=O) groups excluding carboxylic acids is 2. The third kappa shape index (κ3) is 4.03. The Morgan fingerprint density at radius 2 is 2.23 bits per heavy atom. The molecule has 1 aromatic carbocycles. The molecular weight excluding hydrogens is 356 g/mol. The second-order valence-corrected chi connectivity index (χ2v) is 7.23. The SMILES string of the molecule is COC(=O)c1cc(OCC2COCC(=O)N2C)cc(-c2ncc(C)s2)c1. The van der Waals surface area contributed by atoms with Gasteiger partial charge >= 0.3 is 5.97 Å². The summed E-state index contributed by atoms with van der Waals surface area (Å²) in [6.45, 7) is 2.75. The zero-order valence-corrected chi connectivity index (χ0v) is 15.7. The number of nitrogens with zero attached hydrogens (tertiary/aromatic N) is 2. The summed E-state index contributed by atoms with van der Waals surface area (Å²) in [7, 11) is 3.07. The van der Waals surface area contributed by atoms with Crippen LogP contribution in [0.5, 0.6) is 5.75 Å². The van der Waals surface area contributed by atoms with Gasteiger partial charge in [0.15, 0.2) is 0 Å². The molecule has 0 bridgehead atoms. The van der Waals surface area contributed by atoms with Crippen LogP contribution in [0.4, 0.5) is 0 Å². The first-order valence-corrected chi connectivity index (χ1v) is 8.92. The molecule has 0 N–H and O–H groups in total. The first kappa shape index (κ1) is 18.3. The average molecular weight is 376 g/mol. The lowest BCUT2D eigenvalue weighted by Gasteiger charge is -2.32. The van der Waals surface area contributed by atoms with Gasteiger partial charge in [-0.3, -0.25) is 4.79 Å². The highest BCUT2D eigenvalue weighted by atomic mass is 32.1. The number of ether oxygens (including phenoxy) is 3. The van der Waals surface area contributed by atoms with Crippen LogP contribution in [-0.2, 0) is 14.3 Å². The van der Waals surface area contributed by atoms with Crippen LogP contribution < -0.4 is 4.74 Å². The molecular formula is C18H20N2O5S. The van der Waals surface area contributed by atoms with Crippen molar-refractivity contribution < 1.29 is 23.8 Å². The molecule has 1 saturated heterocycles. The van der Waals surface area contributed by atoms with Crippen LogP contribution in [0.25, 0.3) is 10.6 Å². The number of methoxy groups -OCH3 is 1. The lowest BCUT2D eigenvalue weighted by Crippen LogP contribution is -2.49. The van der Waals surface area contributed by atoms with E-state index in [0.29, 0.717) is 17.9 Å². The number of hydrogen-bond acceptors (Lipinski definition) is 7. The highest BCUT2D eigenvalue weighted by Gasteiger charge is 2.26. The Balaban J connectivity index is 1.83. The molecule has 1 amide bonds. The van der Waals surface area contributed by atoms with Gasteiger partial charge in [0.1, 0.15) is 24.0 Å². The van der Waals surface area contributed by atoms with Gasteiger partial charge in [-0.15, -0.1) is 11.3 Å². The summed E-state index contributed by atoms with van der Waals surface area (Å²) in [6.07, 6.45) is 1.78. The Morgan fingerprint density at radius 1 is 1.42 bits per heavy atom. The molecule has 1 unspecified atom stereocenters. The minimum atomic E-state index is -0.446. The van der Waals surface area contributed by atoms with Gasteiger partial charge in [0.05, 0.1) is 25.3 Å². The van der Waals surface area contributed by atoms with Crippen molar-refractivity contribution in [1.29, 1.82) is 0 Å². The van der Waals surface area contributed by atoms with E-state index in [2.05, 4.69) is 4.98 Å². The standard InChI is InChI=1S/C18H20N2O5S/c1-11-7-19-17(26-11)12-4-13(18(22)23-3)6-15(5-12)25-9-14-8-24-10-16(21)20(14)2/h4-7,14H,8-10H2,1-3H3. The lowest BCUT2D eigenvalue weighted by atomic mass is 10.1. The molecule has 0 saturated carbocycles. The molecule has 2 aromatic rings. The van der Waals surface area contributed by atoms with Gasteiger partial charge < -0.3 is 19.1 Å². The molecule has 1 aliphatic rings. The largest absolute Gasteiger partial charge is 0.491 e. The number of aryl methyl sites for hydroxylation is 1. The second kappa shape index (κ2) is 7.84. The molecule has 0 radical (unpaired) electrons. The summed E-state index contributed by atoms with van der Waals surface area (Å²) in [4.78, 5) is 30.8. The third-order valence-electron chi connectivity index (χ3n) is 4.12. The summed E-state index contributed by atoms with van der Waals surface area (Å²) in [6, 6.07) is 5.01. The van der Waals surface area contributed by atoms with E-state index >= 15 is 0 Å². The predicted octanol–water partition coefficient (Wildman–Crippen LogP) is 2.14. The van der Waals surface area contributed by atoms with E-state index < -0.39 is 5.97 Å². The van der Waals surface area contributed by atoms with E-state index in [9.17, 15) is 9.59 Å². The summed E-state index contributed by atoms with van der Waals surface area (Å²) in [5.74, 6) is -0.00689. The number of aromatic nitrogens is 1. The molecule has 1 aromatic heterocycles. The Hall–Kier alpha value is -2.45. The number of hydrogen-bond donors (Lipinski definition) is 0. The van der Waals surface area contributed by atoms with Gasteiger partial charge in [-0.05, 0) is 25.1 Å². The maximum absolute atomic E-state index is 12.0. The summed E-state index contributed by atoms with van der Waals surface area (Å²) < 4.78 is 16.0. The van der Waals surface area contributed by atoms with Crippen molar-refractivity contribution in [3.63, 3.8) is 0 Å². The molecule has 0 aliphatic carbocycles. The molecule has 7 nitrogen and oxygen atoms in total. The molecule has 8 heteroatoms. The van der Waals surface area contributed by atoms with Gasteiger partial charge in [-0.1, -0.05) is 0 Å². The number of likely N-dealkylation sites (N-methyl/N-ethyl adjacent to an activating group) is 1. The smallest absolute Gasteiger partial charge is 0.338 e. The third-order valence-corrected chi connectivity index (χ3v) is 5.08. The van der Waals surface area contributed by atoms with Crippen molar-refractivity contribution in [1.82, 2.24) is 9.88 Å². The lowest BCUT2D eigenvalue weighted by molar-refractivity contribution is -0.147. The molecule has 1 fully saturated rings. The Morgan fingerprint density at radius 3 is 2.92 bits per heavy atom. The van der Waals surface area contributed by atoms with Crippen LogP contribution in [0.2, 0.25) is 0 Å². The fourth-order valence-electron chi connectivity index (χ4n) is 2.58. The normalized spacial score (nSPS) is 17.3. The predicted molar refractivity (Wildman–Crippen MR) is 96.5 cm³/mol. The number of benzene rings is 1. The van der Waals surface area contributed by atoms with Gasteiger partial charge in [-0.2, -0.15) is 0 Å². The van der Waals surface area contributed by atoms with Crippen LogP contribution in [0, 0.1) is 6.92 Å². The minimum Gasteiger partial charge on any atom is -0.491 e. The molecule has 1 aliphatic heterocycles.